The summed E-state index contributed by atoms with van der Waals surface area (Å²) in [5, 5.41) is 3.01. The van der Waals surface area contributed by atoms with Gasteiger partial charge in [-0.2, -0.15) is 0 Å². The minimum atomic E-state index is 0.849. The maximum absolute atomic E-state index is 4.37. The van der Waals surface area contributed by atoms with E-state index in [9.17, 15) is 0 Å². The van der Waals surface area contributed by atoms with E-state index in [1.807, 2.05) is 30.0 Å². The van der Waals surface area contributed by atoms with Gasteiger partial charge in [0.1, 0.15) is 0 Å². The van der Waals surface area contributed by atoms with E-state index >= 15 is 0 Å². The van der Waals surface area contributed by atoms with Gasteiger partial charge < -0.3 is 0 Å². The average molecular weight is 335 g/mol. The maximum Gasteiger partial charge on any atom is 0.187 e. The van der Waals surface area contributed by atoms with Crippen molar-refractivity contribution in [2.75, 3.05) is 32.4 Å². The Morgan fingerprint density at radius 3 is 2.45 bits per heavy atom. The first-order valence-electron chi connectivity index (χ1n) is 7.65. The van der Waals surface area contributed by atoms with Crippen molar-refractivity contribution in [3.05, 3.63) is 40.3 Å². The van der Waals surface area contributed by atoms with Gasteiger partial charge in [-0.3, -0.25) is 9.80 Å². The van der Waals surface area contributed by atoms with Gasteiger partial charge in [-0.05, 0) is 37.2 Å². The summed E-state index contributed by atoms with van der Waals surface area (Å²) in [4.78, 5) is 15.3. The summed E-state index contributed by atoms with van der Waals surface area (Å²) in [7, 11) is 0. The highest BCUT2D eigenvalue weighted by atomic mass is 32.2. The molecule has 0 N–H and O–H groups in total. The zero-order chi connectivity index (χ0) is 15.2. The molecule has 118 valence electrons. The summed E-state index contributed by atoms with van der Waals surface area (Å²) in [5.41, 5.74) is 1.21. The van der Waals surface area contributed by atoms with Gasteiger partial charge >= 0.3 is 0 Å². The Balaban J connectivity index is 1.51. The average Bonchev–Trinajstić information content (AvgIpc) is 2.96. The molecule has 0 bridgehead atoms. The molecule has 3 heterocycles. The minimum Gasteiger partial charge on any atom is -0.298 e. The normalized spacial score (nSPS) is 17.5. The molecule has 6 heteroatoms. The van der Waals surface area contributed by atoms with E-state index in [1.165, 1.54) is 23.4 Å². The van der Waals surface area contributed by atoms with E-state index in [0.717, 1.165) is 37.9 Å². The van der Waals surface area contributed by atoms with Crippen molar-refractivity contribution in [2.45, 2.75) is 24.7 Å². The van der Waals surface area contributed by atoms with Gasteiger partial charge in [0.15, 0.2) is 5.16 Å². The van der Waals surface area contributed by atoms with Gasteiger partial charge in [0.25, 0.3) is 0 Å². The second-order valence-corrected chi connectivity index (χ2v) is 7.37. The molecule has 1 aliphatic rings. The van der Waals surface area contributed by atoms with Crippen molar-refractivity contribution in [1.82, 2.24) is 19.8 Å². The van der Waals surface area contributed by atoms with E-state index in [2.05, 4.69) is 37.3 Å². The predicted molar refractivity (Wildman–Crippen MR) is 93.3 cm³/mol. The molecule has 22 heavy (non-hydrogen) atoms. The van der Waals surface area contributed by atoms with E-state index in [0.29, 0.717) is 0 Å². The van der Waals surface area contributed by atoms with Gasteiger partial charge in [0.05, 0.1) is 0 Å². The molecule has 1 fully saturated rings. The highest BCUT2D eigenvalue weighted by Gasteiger charge is 2.15. The fourth-order valence-electron chi connectivity index (χ4n) is 2.75. The predicted octanol–water partition coefficient (Wildman–Crippen LogP) is 2.97. The standard InChI is InChI=1S/C16H22N4S2/c1-21-16-17-10-14(11-18-16)12-19-5-3-6-20(8-7-19)13-15-4-2-9-22-15/h2,4,9-11H,3,5-8,12-13H2,1H3. The van der Waals surface area contributed by atoms with E-state index < -0.39 is 0 Å². The topological polar surface area (TPSA) is 32.3 Å². The second kappa shape index (κ2) is 8.06. The monoisotopic (exact) mass is 334 g/mol. The number of aromatic nitrogens is 2. The Kier molecular flexibility index (Phi) is 5.83. The minimum absolute atomic E-state index is 0.849. The van der Waals surface area contributed by atoms with Crippen molar-refractivity contribution >= 4 is 23.1 Å². The summed E-state index contributed by atoms with van der Waals surface area (Å²) < 4.78 is 0. The van der Waals surface area contributed by atoms with Crippen LogP contribution in [-0.4, -0.2) is 52.2 Å². The summed E-state index contributed by atoms with van der Waals surface area (Å²) in [6.45, 7) is 6.66. The molecule has 2 aromatic rings. The van der Waals surface area contributed by atoms with Crippen LogP contribution in [0.15, 0.2) is 35.1 Å². The first kappa shape index (κ1) is 15.9. The largest absolute Gasteiger partial charge is 0.298 e. The lowest BCUT2D eigenvalue weighted by Crippen LogP contribution is -2.30. The van der Waals surface area contributed by atoms with Crippen molar-refractivity contribution in [2.24, 2.45) is 0 Å². The molecule has 0 unspecified atom stereocenters. The summed E-state index contributed by atoms with van der Waals surface area (Å²) in [5.74, 6) is 0. The van der Waals surface area contributed by atoms with Crippen LogP contribution in [0.2, 0.25) is 0 Å². The Morgan fingerprint density at radius 2 is 1.82 bits per heavy atom. The summed E-state index contributed by atoms with van der Waals surface area (Å²) in [6, 6.07) is 4.38. The van der Waals surface area contributed by atoms with Crippen LogP contribution in [0, 0.1) is 0 Å². The first-order valence-corrected chi connectivity index (χ1v) is 9.76. The number of thiophene rings is 1. The molecule has 0 spiro atoms. The Bertz CT molecular complexity index is 556. The molecule has 0 amide bonds. The number of rotatable bonds is 5. The number of hydrogen-bond donors (Lipinski definition) is 0. The van der Waals surface area contributed by atoms with Crippen molar-refractivity contribution in [3.8, 4) is 0 Å². The Morgan fingerprint density at radius 1 is 1.09 bits per heavy atom. The first-order chi connectivity index (χ1) is 10.8. The van der Waals surface area contributed by atoms with Gasteiger partial charge in [0, 0.05) is 49.0 Å². The molecule has 0 saturated carbocycles. The third kappa shape index (κ3) is 4.52. The van der Waals surface area contributed by atoms with Crippen LogP contribution in [0.3, 0.4) is 0 Å². The van der Waals surface area contributed by atoms with Crippen LogP contribution < -0.4 is 0 Å². The van der Waals surface area contributed by atoms with Crippen molar-refractivity contribution in [3.63, 3.8) is 0 Å². The van der Waals surface area contributed by atoms with Crippen LogP contribution in [-0.2, 0) is 13.1 Å². The molecule has 4 nitrogen and oxygen atoms in total. The van der Waals surface area contributed by atoms with Gasteiger partial charge in [-0.1, -0.05) is 17.8 Å². The zero-order valence-corrected chi connectivity index (χ0v) is 14.6. The molecular formula is C16H22N4S2. The Hall–Kier alpha value is -0.950. The fourth-order valence-corrected chi connectivity index (χ4v) is 3.81. The third-order valence-corrected chi connectivity index (χ3v) is 5.35. The maximum atomic E-state index is 4.37. The molecule has 2 aromatic heterocycles. The number of hydrogen-bond acceptors (Lipinski definition) is 6. The lowest BCUT2D eigenvalue weighted by atomic mass is 10.3. The molecular weight excluding hydrogens is 312 g/mol. The van der Waals surface area contributed by atoms with Gasteiger partial charge in [0.2, 0.25) is 0 Å². The molecule has 1 aliphatic heterocycles. The van der Waals surface area contributed by atoms with Crippen LogP contribution in [0.5, 0.6) is 0 Å². The highest BCUT2D eigenvalue weighted by molar-refractivity contribution is 7.98. The van der Waals surface area contributed by atoms with Crippen molar-refractivity contribution in [1.29, 1.82) is 0 Å². The third-order valence-electron chi connectivity index (χ3n) is 3.91. The number of nitrogens with zero attached hydrogens (tertiary/aromatic N) is 4. The fraction of sp³-hybridized carbons (Fsp3) is 0.500. The van der Waals surface area contributed by atoms with Crippen LogP contribution in [0.4, 0.5) is 0 Å². The summed E-state index contributed by atoms with van der Waals surface area (Å²) >= 11 is 3.44. The van der Waals surface area contributed by atoms with Crippen molar-refractivity contribution < 1.29 is 0 Å². The molecule has 0 aliphatic carbocycles. The van der Waals surface area contributed by atoms with E-state index in [-0.39, 0.29) is 0 Å². The summed E-state index contributed by atoms with van der Waals surface area (Å²) in [6.07, 6.45) is 7.17. The highest BCUT2D eigenvalue weighted by Crippen LogP contribution is 2.15. The van der Waals surface area contributed by atoms with Gasteiger partial charge in [-0.25, -0.2) is 9.97 Å². The lowest BCUT2D eigenvalue weighted by Gasteiger charge is -2.21. The molecule has 0 aromatic carbocycles. The number of thioether (sulfide) groups is 1. The quantitative estimate of drug-likeness (QED) is 0.620. The zero-order valence-electron chi connectivity index (χ0n) is 12.9. The smallest absolute Gasteiger partial charge is 0.187 e. The van der Waals surface area contributed by atoms with E-state index in [4.69, 9.17) is 0 Å². The lowest BCUT2D eigenvalue weighted by molar-refractivity contribution is 0.248. The van der Waals surface area contributed by atoms with Gasteiger partial charge in [-0.15, -0.1) is 11.3 Å². The Labute approximate surface area is 140 Å². The van der Waals surface area contributed by atoms with Crippen LogP contribution in [0.1, 0.15) is 16.9 Å². The van der Waals surface area contributed by atoms with Crippen LogP contribution >= 0.6 is 23.1 Å². The van der Waals surface area contributed by atoms with E-state index in [1.54, 1.807) is 11.8 Å². The van der Waals surface area contributed by atoms with Crippen LogP contribution in [0.25, 0.3) is 0 Å². The molecule has 3 rings (SSSR count). The molecule has 0 atom stereocenters. The SMILES string of the molecule is CSc1ncc(CN2CCCN(Cc3cccs3)CC2)cn1. The molecule has 1 saturated heterocycles. The molecule has 0 radical (unpaired) electrons. The second-order valence-electron chi connectivity index (χ2n) is 5.56.